The quantitative estimate of drug-likeness (QED) is 0.330. The van der Waals surface area contributed by atoms with Crippen molar-refractivity contribution in [2.75, 3.05) is 6.61 Å². The van der Waals surface area contributed by atoms with Crippen molar-refractivity contribution in [1.82, 2.24) is 15.0 Å². The standard InChI is InChI=1S/C8H16N3OSi.Li/c1-13(2,3)7-6-12-8-11-5-4-9-10-11;/h5H,6-8H2,1-3H3;/q-1;+1. The summed E-state index contributed by atoms with van der Waals surface area (Å²) in [4.78, 5) is 0. The van der Waals surface area contributed by atoms with Crippen molar-refractivity contribution in [1.29, 1.82) is 0 Å². The minimum atomic E-state index is -0.957. The van der Waals surface area contributed by atoms with E-state index >= 15 is 0 Å². The van der Waals surface area contributed by atoms with Crippen LogP contribution in [0.5, 0.6) is 0 Å². The predicted molar refractivity (Wildman–Crippen MR) is 53.0 cm³/mol. The summed E-state index contributed by atoms with van der Waals surface area (Å²) in [6, 6.07) is 1.19. The Labute approximate surface area is 98.2 Å². The van der Waals surface area contributed by atoms with Gasteiger partial charge in [0.25, 0.3) is 0 Å². The molecule has 1 aromatic rings. The Morgan fingerprint density at radius 1 is 1.43 bits per heavy atom. The maximum atomic E-state index is 5.43. The van der Waals surface area contributed by atoms with Gasteiger partial charge in [-0.2, -0.15) is 0 Å². The topological polar surface area (TPSA) is 39.9 Å². The molecule has 1 rings (SSSR count). The van der Waals surface area contributed by atoms with Crippen LogP contribution in [0.4, 0.5) is 0 Å². The molecule has 1 heterocycles. The first-order valence-corrected chi connectivity index (χ1v) is 8.12. The molecule has 6 heteroatoms. The number of hydrogen-bond donors (Lipinski definition) is 0. The van der Waals surface area contributed by atoms with Crippen molar-refractivity contribution in [2.24, 2.45) is 0 Å². The fraction of sp³-hybridized carbons (Fsp3) is 0.750. The minimum absolute atomic E-state index is 0. The number of nitrogens with zero attached hydrogens (tertiary/aromatic N) is 3. The van der Waals surface area contributed by atoms with Crippen LogP contribution in [0.2, 0.25) is 25.7 Å². The number of hydrogen-bond acceptors (Lipinski definition) is 3. The van der Waals surface area contributed by atoms with Gasteiger partial charge in [0.2, 0.25) is 0 Å². The van der Waals surface area contributed by atoms with Gasteiger partial charge >= 0.3 is 18.9 Å². The molecular formula is C8H16LiN3OSi. The van der Waals surface area contributed by atoms with Gasteiger partial charge in [-0.15, -0.1) is 11.4 Å². The van der Waals surface area contributed by atoms with Crippen LogP contribution in [0.3, 0.4) is 0 Å². The second-order valence-electron chi connectivity index (χ2n) is 4.24. The van der Waals surface area contributed by atoms with E-state index in [-0.39, 0.29) is 18.9 Å². The van der Waals surface area contributed by atoms with Crippen molar-refractivity contribution >= 4 is 8.07 Å². The summed E-state index contributed by atoms with van der Waals surface area (Å²) < 4.78 is 7.06. The Balaban J connectivity index is 0.00000169. The van der Waals surface area contributed by atoms with Crippen molar-refractivity contribution in [3.05, 3.63) is 12.4 Å². The number of rotatable bonds is 5. The zero-order valence-electron chi connectivity index (χ0n) is 9.45. The molecule has 0 saturated heterocycles. The van der Waals surface area contributed by atoms with Gasteiger partial charge in [-0.1, -0.05) is 19.6 Å². The molecule has 0 saturated carbocycles. The van der Waals surface area contributed by atoms with E-state index in [0.717, 1.165) is 6.61 Å². The average molecular weight is 205 g/mol. The van der Waals surface area contributed by atoms with E-state index in [2.05, 4.69) is 36.1 Å². The Kier molecular flexibility index (Phi) is 6.37. The molecule has 0 atom stereocenters. The van der Waals surface area contributed by atoms with E-state index in [4.69, 9.17) is 4.74 Å². The fourth-order valence-electron chi connectivity index (χ4n) is 0.801. The van der Waals surface area contributed by atoms with E-state index in [9.17, 15) is 0 Å². The molecular weight excluding hydrogens is 189 g/mol. The van der Waals surface area contributed by atoms with Gasteiger partial charge in [0, 0.05) is 14.7 Å². The summed E-state index contributed by atoms with van der Waals surface area (Å²) >= 11 is 0. The summed E-state index contributed by atoms with van der Waals surface area (Å²) in [5.74, 6) is 0. The minimum Gasteiger partial charge on any atom is -0.360 e. The Hall–Kier alpha value is -0.0857. The monoisotopic (exact) mass is 205 g/mol. The first-order valence-electron chi connectivity index (χ1n) is 4.42. The molecule has 0 spiro atoms. The van der Waals surface area contributed by atoms with E-state index < -0.39 is 8.07 Å². The molecule has 0 aromatic carbocycles. The molecule has 0 aliphatic heterocycles. The first-order chi connectivity index (χ1) is 6.08. The van der Waals surface area contributed by atoms with Crippen LogP contribution >= 0.6 is 0 Å². The maximum absolute atomic E-state index is 5.43. The SMILES string of the molecule is C[Si](C)(C)CCOCn1c[c-]nn1.[Li+]. The van der Waals surface area contributed by atoms with Crippen molar-refractivity contribution in [3.63, 3.8) is 0 Å². The van der Waals surface area contributed by atoms with Crippen LogP contribution in [0.25, 0.3) is 0 Å². The molecule has 0 bridgehead atoms. The van der Waals surface area contributed by atoms with E-state index in [0.29, 0.717) is 6.73 Å². The third kappa shape index (κ3) is 6.38. The third-order valence-electron chi connectivity index (χ3n) is 1.64. The number of ether oxygens (including phenoxy) is 1. The summed E-state index contributed by atoms with van der Waals surface area (Å²) in [5, 5.41) is 7.31. The van der Waals surface area contributed by atoms with Gasteiger partial charge < -0.3 is 16.0 Å². The fourth-order valence-corrected chi connectivity index (χ4v) is 1.56. The van der Waals surface area contributed by atoms with Gasteiger partial charge in [0.05, 0.1) is 0 Å². The van der Waals surface area contributed by atoms with Crippen molar-refractivity contribution in [2.45, 2.75) is 32.4 Å². The first kappa shape index (κ1) is 13.9. The molecule has 4 nitrogen and oxygen atoms in total. The molecule has 0 unspecified atom stereocenters. The van der Waals surface area contributed by atoms with E-state index in [1.807, 2.05) is 0 Å². The van der Waals surface area contributed by atoms with Gasteiger partial charge in [-0.3, -0.25) is 4.68 Å². The smallest absolute Gasteiger partial charge is 0.360 e. The van der Waals surface area contributed by atoms with E-state index in [1.165, 1.54) is 6.04 Å². The van der Waals surface area contributed by atoms with Crippen LogP contribution in [0.15, 0.2) is 6.20 Å². The van der Waals surface area contributed by atoms with Gasteiger partial charge in [-0.05, 0) is 6.04 Å². The molecule has 0 amide bonds. The second-order valence-corrected chi connectivity index (χ2v) is 9.86. The molecule has 0 aliphatic rings. The molecule has 0 fully saturated rings. The molecule has 0 aliphatic carbocycles. The Bertz CT molecular complexity index is 235. The Morgan fingerprint density at radius 3 is 2.64 bits per heavy atom. The molecule has 0 radical (unpaired) electrons. The molecule has 74 valence electrons. The van der Waals surface area contributed by atoms with Crippen LogP contribution in [-0.2, 0) is 11.5 Å². The van der Waals surface area contributed by atoms with Crippen molar-refractivity contribution < 1.29 is 23.6 Å². The van der Waals surface area contributed by atoms with Crippen LogP contribution in [-0.4, -0.2) is 29.7 Å². The maximum Gasteiger partial charge on any atom is 1.00 e. The summed E-state index contributed by atoms with van der Waals surface area (Å²) in [5.41, 5.74) is 0. The molecule has 14 heavy (non-hydrogen) atoms. The summed E-state index contributed by atoms with van der Waals surface area (Å²) in [6.07, 6.45) is 4.29. The largest absolute Gasteiger partial charge is 1.00 e. The third-order valence-corrected chi connectivity index (χ3v) is 3.35. The summed E-state index contributed by atoms with van der Waals surface area (Å²) in [7, 11) is -0.957. The van der Waals surface area contributed by atoms with Crippen LogP contribution < -0.4 is 18.9 Å². The average Bonchev–Trinajstić information content (AvgIpc) is 2.48. The van der Waals surface area contributed by atoms with E-state index in [1.54, 1.807) is 10.9 Å². The van der Waals surface area contributed by atoms with Crippen molar-refractivity contribution in [3.8, 4) is 0 Å². The van der Waals surface area contributed by atoms with Gasteiger partial charge in [-0.25, -0.2) is 0 Å². The predicted octanol–water partition coefficient (Wildman–Crippen LogP) is -1.61. The summed E-state index contributed by atoms with van der Waals surface area (Å²) in [6.45, 7) is 8.30. The second kappa shape index (κ2) is 6.41. The van der Waals surface area contributed by atoms with Gasteiger partial charge in [0.1, 0.15) is 6.73 Å². The zero-order chi connectivity index (χ0) is 9.73. The normalized spacial score (nSPS) is 11.1. The van der Waals surface area contributed by atoms with Gasteiger partial charge in [0.15, 0.2) is 0 Å². The zero-order valence-corrected chi connectivity index (χ0v) is 10.4. The van der Waals surface area contributed by atoms with Crippen LogP contribution in [0.1, 0.15) is 0 Å². The molecule has 1 aromatic heterocycles. The number of aromatic nitrogens is 3. The Morgan fingerprint density at radius 2 is 2.14 bits per heavy atom. The molecule has 0 N–H and O–H groups in total. The van der Waals surface area contributed by atoms with Crippen LogP contribution in [0, 0.1) is 6.20 Å².